The van der Waals surface area contributed by atoms with Gasteiger partial charge in [0.2, 0.25) is 5.91 Å². The van der Waals surface area contributed by atoms with Crippen LogP contribution in [0.5, 0.6) is 0 Å². The number of terminal acetylenes is 1. The van der Waals surface area contributed by atoms with Gasteiger partial charge in [0.05, 0.1) is 12.1 Å². The SMILES string of the molecule is C#CC1CCC(NC(=O)C2CNN3C4CCCCC4C(C)NC23)CC1. The highest BCUT2D eigenvalue weighted by Crippen LogP contribution is 2.37. The van der Waals surface area contributed by atoms with Crippen LogP contribution in [0.4, 0.5) is 0 Å². The second kappa shape index (κ2) is 7.26. The number of fused-ring (bicyclic) bond motifs is 3. The van der Waals surface area contributed by atoms with E-state index in [9.17, 15) is 4.79 Å². The van der Waals surface area contributed by atoms with E-state index in [1.807, 2.05) is 0 Å². The topological polar surface area (TPSA) is 56.4 Å². The molecule has 0 bridgehead atoms. The molecule has 0 aromatic heterocycles. The molecule has 5 heteroatoms. The lowest BCUT2D eigenvalue weighted by atomic mass is 9.77. The fraction of sp³-hybridized carbons (Fsp3) is 0.850. The molecule has 2 aliphatic carbocycles. The van der Waals surface area contributed by atoms with Crippen molar-refractivity contribution >= 4 is 5.91 Å². The van der Waals surface area contributed by atoms with E-state index >= 15 is 0 Å². The van der Waals surface area contributed by atoms with Crippen LogP contribution in [-0.4, -0.2) is 41.8 Å². The quantitative estimate of drug-likeness (QED) is 0.666. The molecule has 0 radical (unpaired) electrons. The number of carbonyl (C=O) groups excluding carboxylic acids is 1. The number of hydrazine groups is 1. The van der Waals surface area contributed by atoms with Gasteiger partial charge in [0.15, 0.2) is 0 Å². The fourth-order valence-electron chi connectivity index (χ4n) is 5.54. The molecule has 2 aliphatic heterocycles. The van der Waals surface area contributed by atoms with Gasteiger partial charge in [-0.25, -0.2) is 5.01 Å². The molecule has 2 heterocycles. The fourth-order valence-corrected chi connectivity index (χ4v) is 5.54. The lowest BCUT2D eigenvalue weighted by Gasteiger charge is -2.49. The molecule has 138 valence electrons. The average Bonchev–Trinajstić information content (AvgIpc) is 3.06. The Labute approximate surface area is 151 Å². The first kappa shape index (κ1) is 17.3. The van der Waals surface area contributed by atoms with Crippen molar-refractivity contribution in [1.29, 1.82) is 0 Å². The van der Waals surface area contributed by atoms with Gasteiger partial charge in [-0.3, -0.25) is 15.5 Å². The molecule has 5 atom stereocenters. The Morgan fingerprint density at radius 2 is 1.92 bits per heavy atom. The van der Waals surface area contributed by atoms with Crippen molar-refractivity contribution < 1.29 is 4.79 Å². The third-order valence-electron chi connectivity index (χ3n) is 7.04. The Kier molecular flexibility index (Phi) is 5.04. The highest BCUT2D eigenvalue weighted by molar-refractivity contribution is 5.80. The molecule has 25 heavy (non-hydrogen) atoms. The van der Waals surface area contributed by atoms with Crippen LogP contribution >= 0.6 is 0 Å². The van der Waals surface area contributed by atoms with Crippen molar-refractivity contribution in [2.75, 3.05) is 6.54 Å². The molecule has 0 spiro atoms. The molecule has 5 unspecified atom stereocenters. The summed E-state index contributed by atoms with van der Waals surface area (Å²) in [6.07, 6.45) is 15.0. The van der Waals surface area contributed by atoms with E-state index in [1.165, 1.54) is 25.7 Å². The lowest BCUT2D eigenvalue weighted by Crippen LogP contribution is -2.66. The molecule has 3 N–H and O–H groups in total. The molecule has 4 fully saturated rings. The Bertz CT molecular complexity index is 536. The van der Waals surface area contributed by atoms with Gasteiger partial charge in [-0.1, -0.05) is 12.8 Å². The largest absolute Gasteiger partial charge is 0.353 e. The minimum absolute atomic E-state index is 0.00400. The number of amides is 1. The molecular weight excluding hydrogens is 312 g/mol. The van der Waals surface area contributed by atoms with Crippen LogP contribution in [0.1, 0.15) is 58.3 Å². The number of hydrogen-bond donors (Lipinski definition) is 3. The normalized spacial score (nSPS) is 44.4. The van der Waals surface area contributed by atoms with E-state index in [2.05, 4.69) is 33.9 Å². The van der Waals surface area contributed by atoms with Gasteiger partial charge in [-0.15, -0.1) is 12.3 Å². The Morgan fingerprint density at radius 1 is 1.16 bits per heavy atom. The second-order valence-electron chi connectivity index (χ2n) is 8.52. The zero-order valence-electron chi connectivity index (χ0n) is 15.3. The summed E-state index contributed by atoms with van der Waals surface area (Å²) >= 11 is 0. The lowest BCUT2D eigenvalue weighted by molar-refractivity contribution is -0.128. The van der Waals surface area contributed by atoms with Crippen LogP contribution in [0.25, 0.3) is 0 Å². The first-order valence-corrected chi connectivity index (χ1v) is 10.2. The van der Waals surface area contributed by atoms with E-state index in [0.717, 1.165) is 32.2 Å². The van der Waals surface area contributed by atoms with Crippen LogP contribution in [0.2, 0.25) is 0 Å². The third-order valence-corrected chi connectivity index (χ3v) is 7.04. The first-order valence-electron chi connectivity index (χ1n) is 10.2. The molecular formula is C20H32N4O. The average molecular weight is 345 g/mol. The number of hydrogen-bond acceptors (Lipinski definition) is 4. The third kappa shape index (κ3) is 3.32. The Hall–Kier alpha value is -1.09. The number of nitrogens with one attached hydrogen (secondary N) is 3. The maximum atomic E-state index is 12.9. The van der Waals surface area contributed by atoms with Gasteiger partial charge >= 0.3 is 0 Å². The molecule has 0 aromatic carbocycles. The molecule has 2 saturated carbocycles. The smallest absolute Gasteiger partial charge is 0.227 e. The van der Waals surface area contributed by atoms with Crippen LogP contribution in [0.15, 0.2) is 0 Å². The van der Waals surface area contributed by atoms with E-state index < -0.39 is 0 Å². The zero-order valence-corrected chi connectivity index (χ0v) is 15.3. The monoisotopic (exact) mass is 344 g/mol. The molecule has 0 aromatic rings. The molecule has 1 amide bonds. The van der Waals surface area contributed by atoms with Crippen LogP contribution in [0, 0.1) is 30.1 Å². The maximum absolute atomic E-state index is 12.9. The maximum Gasteiger partial charge on any atom is 0.227 e. The molecule has 4 aliphatic rings. The minimum Gasteiger partial charge on any atom is -0.353 e. The summed E-state index contributed by atoms with van der Waals surface area (Å²) < 4.78 is 0. The van der Waals surface area contributed by atoms with Gasteiger partial charge in [0, 0.05) is 30.6 Å². The number of rotatable bonds is 2. The van der Waals surface area contributed by atoms with Gasteiger partial charge in [-0.2, -0.15) is 0 Å². The van der Waals surface area contributed by atoms with Crippen LogP contribution < -0.4 is 16.1 Å². The van der Waals surface area contributed by atoms with Gasteiger partial charge in [0.1, 0.15) is 0 Å². The first-order chi connectivity index (χ1) is 12.2. The summed E-state index contributed by atoms with van der Waals surface area (Å²) in [5.74, 6) is 4.17. The molecule has 5 nitrogen and oxygen atoms in total. The Balaban J connectivity index is 1.37. The number of carbonyl (C=O) groups is 1. The summed E-state index contributed by atoms with van der Waals surface area (Å²) in [7, 11) is 0. The summed E-state index contributed by atoms with van der Waals surface area (Å²) in [4.78, 5) is 12.9. The van der Waals surface area contributed by atoms with E-state index in [1.54, 1.807) is 0 Å². The van der Waals surface area contributed by atoms with Crippen molar-refractivity contribution in [3.8, 4) is 12.3 Å². The summed E-state index contributed by atoms with van der Waals surface area (Å²) in [5, 5.41) is 9.43. The van der Waals surface area contributed by atoms with Crippen molar-refractivity contribution in [3.05, 3.63) is 0 Å². The molecule has 4 rings (SSSR count). The van der Waals surface area contributed by atoms with Crippen molar-refractivity contribution in [3.63, 3.8) is 0 Å². The Morgan fingerprint density at radius 3 is 2.68 bits per heavy atom. The van der Waals surface area contributed by atoms with Crippen molar-refractivity contribution in [1.82, 2.24) is 21.1 Å². The summed E-state index contributed by atoms with van der Waals surface area (Å²) in [5.41, 5.74) is 3.55. The minimum atomic E-state index is -0.00400. The van der Waals surface area contributed by atoms with Crippen molar-refractivity contribution in [2.24, 2.45) is 17.8 Å². The van der Waals surface area contributed by atoms with E-state index in [4.69, 9.17) is 6.42 Å². The summed E-state index contributed by atoms with van der Waals surface area (Å²) in [6.45, 7) is 3.05. The molecule has 2 saturated heterocycles. The van der Waals surface area contributed by atoms with Gasteiger partial charge in [-0.05, 0) is 51.4 Å². The predicted octanol–water partition coefficient (Wildman–Crippen LogP) is 1.61. The highest BCUT2D eigenvalue weighted by atomic mass is 16.2. The van der Waals surface area contributed by atoms with Gasteiger partial charge in [0.25, 0.3) is 0 Å². The predicted molar refractivity (Wildman–Crippen MR) is 98.2 cm³/mol. The zero-order chi connectivity index (χ0) is 17.4. The summed E-state index contributed by atoms with van der Waals surface area (Å²) in [6, 6.07) is 1.38. The highest BCUT2D eigenvalue weighted by Gasteiger charge is 2.49. The van der Waals surface area contributed by atoms with Crippen LogP contribution in [0.3, 0.4) is 0 Å². The number of nitrogens with zero attached hydrogens (tertiary/aromatic N) is 1. The van der Waals surface area contributed by atoms with Gasteiger partial charge < -0.3 is 5.32 Å². The standard InChI is InChI=1S/C20H32N4O/c1-3-14-8-10-15(11-9-14)23-20(25)17-12-21-24-18-7-5-4-6-16(18)13(2)22-19(17)24/h1,13-19,21-22H,4-12H2,2H3,(H,23,25). The van der Waals surface area contributed by atoms with Crippen LogP contribution in [-0.2, 0) is 4.79 Å². The van der Waals surface area contributed by atoms with Crippen molar-refractivity contribution in [2.45, 2.75) is 82.6 Å². The van der Waals surface area contributed by atoms with E-state index in [0.29, 0.717) is 30.0 Å². The second-order valence-corrected chi connectivity index (χ2v) is 8.52. The van der Waals surface area contributed by atoms with E-state index in [-0.39, 0.29) is 18.0 Å².